The van der Waals surface area contributed by atoms with Crippen LogP contribution in [0.15, 0.2) is 24.3 Å². The average Bonchev–Trinajstić information content (AvgIpc) is 2.92. The minimum Gasteiger partial charge on any atom is -0.444 e. The topological polar surface area (TPSA) is 67.6 Å². The number of halogens is 1. The molecule has 140 valence electrons. The number of nitrogens with zero attached hydrogens (tertiary/aromatic N) is 3. The summed E-state index contributed by atoms with van der Waals surface area (Å²) >= 11 is 0. The monoisotopic (exact) mass is 361 g/mol. The molecule has 0 aliphatic carbocycles. The zero-order valence-corrected chi connectivity index (χ0v) is 15.3. The van der Waals surface area contributed by atoms with Gasteiger partial charge >= 0.3 is 6.09 Å². The highest BCUT2D eigenvalue weighted by Crippen LogP contribution is 2.25. The first-order valence-electron chi connectivity index (χ1n) is 8.67. The first kappa shape index (κ1) is 18.4. The molecule has 2 aromatic rings. The van der Waals surface area contributed by atoms with E-state index in [0.717, 1.165) is 16.8 Å². The van der Waals surface area contributed by atoms with Crippen molar-refractivity contribution in [3.63, 3.8) is 0 Å². The molecule has 1 amide bonds. The van der Waals surface area contributed by atoms with E-state index < -0.39 is 5.60 Å². The molecule has 6 nitrogen and oxygen atoms in total. The minimum atomic E-state index is -0.554. The Morgan fingerprint density at radius 2 is 2.00 bits per heavy atom. The summed E-state index contributed by atoms with van der Waals surface area (Å²) in [6.45, 7) is 6.71. The molecule has 0 saturated carbocycles. The molecule has 0 fully saturated rings. The Labute approximate surface area is 152 Å². The Bertz CT molecular complexity index is 794. The predicted octanol–water partition coefficient (Wildman–Crippen LogP) is 2.86. The van der Waals surface area contributed by atoms with Crippen molar-refractivity contribution in [2.24, 2.45) is 0 Å². The molecule has 0 unspecified atom stereocenters. The first-order valence-corrected chi connectivity index (χ1v) is 8.67. The third kappa shape index (κ3) is 4.04. The Morgan fingerprint density at radius 1 is 1.31 bits per heavy atom. The summed E-state index contributed by atoms with van der Waals surface area (Å²) in [5.41, 5.74) is 2.84. The van der Waals surface area contributed by atoms with Gasteiger partial charge in [0.1, 0.15) is 11.4 Å². The number of aliphatic hydroxyl groups excluding tert-OH is 1. The molecule has 1 N–H and O–H groups in total. The van der Waals surface area contributed by atoms with Crippen molar-refractivity contribution in [2.45, 2.75) is 52.5 Å². The second-order valence-electron chi connectivity index (χ2n) is 7.47. The molecule has 26 heavy (non-hydrogen) atoms. The van der Waals surface area contributed by atoms with Gasteiger partial charge in [0.25, 0.3) is 0 Å². The zero-order chi connectivity index (χ0) is 18.9. The summed E-state index contributed by atoms with van der Waals surface area (Å²) < 4.78 is 20.4. The number of aromatic nitrogens is 2. The number of carbonyl (C=O) groups is 1. The van der Waals surface area contributed by atoms with Gasteiger partial charge in [-0.3, -0.25) is 4.68 Å². The zero-order valence-electron chi connectivity index (χ0n) is 15.3. The number of ether oxygens (including phenoxy) is 1. The van der Waals surface area contributed by atoms with Crippen LogP contribution in [0.2, 0.25) is 0 Å². The van der Waals surface area contributed by atoms with Crippen LogP contribution in [0.4, 0.5) is 9.18 Å². The van der Waals surface area contributed by atoms with Crippen molar-refractivity contribution >= 4 is 6.09 Å². The van der Waals surface area contributed by atoms with E-state index in [9.17, 15) is 14.3 Å². The molecule has 3 rings (SSSR count). The van der Waals surface area contributed by atoms with Crippen molar-refractivity contribution in [1.29, 1.82) is 0 Å². The molecule has 0 spiro atoms. The van der Waals surface area contributed by atoms with Crippen LogP contribution in [0.3, 0.4) is 0 Å². The lowest BCUT2D eigenvalue weighted by atomic mass is 10.0. The van der Waals surface area contributed by atoms with Crippen LogP contribution >= 0.6 is 0 Å². The largest absolute Gasteiger partial charge is 0.444 e. The lowest BCUT2D eigenvalue weighted by Gasteiger charge is -2.30. The van der Waals surface area contributed by atoms with E-state index in [1.165, 1.54) is 12.1 Å². The second kappa shape index (κ2) is 7.07. The van der Waals surface area contributed by atoms with Gasteiger partial charge < -0.3 is 14.7 Å². The SMILES string of the molecule is CC(C)(C)OC(=O)N1CCc2c(CO)nn(Cc3ccc(F)cc3)c2C1. The maximum atomic E-state index is 13.1. The number of aliphatic hydroxyl groups is 1. The maximum absolute atomic E-state index is 13.1. The molecule has 1 aliphatic heterocycles. The van der Waals surface area contributed by atoms with Crippen LogP contribution in [0.5, 0.6) is 0 Å². The molecule has 1 aromatic carbocycles. The average molecular weight is 361 g/mol. The van der Waals surface area contributed by atoms with Crippen LogP contribution in [-0.4, -0.2) is 38.0 Å². The highest BCUT2D eigenvalue weighted by molar-refractivity contribution is 5.68. The summed E-state index contributed by atoms with van der Waals surface area (Å²) in [7, 11) is 0. The van der Waals surface area contributed by atoms with E-state index >= 15 is 0 Å². The van der Waals surface area contributed by atoms with Crippen molar-refractivity contribution in [3.8, 4) is 0 Å². The van der Waals surface area contributed by atoms with Crippen LogP contribution in [0.1, 0.15) is 43.3 Å². The molecule has 0 radical (unpaired) electrons. The van der Waals surface area contributed by atoms with Crippen LogP contribution < -0.4 is 0 Å². The molecule has 2 heterocycles. The van der Waals surface area contributed by atoms with Gasteiger partial charge in [-0.05, 0) is 44.9 Å². The number of fused-ring (bicyclic) bond motifs is 1. The fourth-order valence-electron chi connectivity index (χ4n) is 3.06. The molecular formula is C19H24FN3O3. The normalized spacial score (nSPS) is 14.3. The van der Waals surface area contributed by atoms with Crippen molar-refractivity contribution < 1.29 is 19.0 Å². The molecule has 0 bridgehead atoms. The Balaban J connectivity index is 1.84. The number of benzene rings is 1. The summed E-state index contributed by atoms with van der Waals surface area (Å²) in [5, 5.41) is 14.1. The van der Waals surface area contributed by atoms with Gasteiger partial charge in [0.15, 0.2) is 0 Å². The lowest BCUT2D eigenvalue weighted by Crippen LogP contribution is -2.40. The Hall–Kier alpha value is -2.41. The smallest absolute Gasteiger partial charge is 0.410 e. The molecule has 1 aromatic heterocycles. The molecular weight excluding hydrogens is 337 g/mol. The third-order valence-corrected chi connectivity index (χ3v) is 4.27. The van der Waals surface area contributed by atoms with E-state index in [-0.39, 0.29) is 18.5 Å². The van der Waals surface area contributed by atoms with E-state index in [1.807, 2.05) is 20.8 Å². The predicted molar refractivity (Wildman–Crippen MR) is 94.0 cm³/mol. The standard InChI is InChI=1S/C19H24FN3O3/c1-19(2,3)26-18(25)22-9-8-15-16(12-24)21-23(17(15)11-22)10-13-4-6-14(20)7-5-13/h4-7,24H,8-12H2,1-3H3. The fourth-order valence-corrected chi connectivity index (χ4v) is 3.06. The van der Waals surface area contributed by atoms with Gasteiger partial charge in [0.05, 0.1) is 31.1 Å². The van der Waals surface area contributed by atoms with Crippen molar-refractivity contribution in [1.82, 2.24) is 14.7 Å². The maximum Gasteiger partial charge on any atom is 0.410 e. The summed E-state index contributed by atoms with van der Waals surface area (Å²) in [6.07, 6.45) is 0.261. The van der Waals surface area contributed by atoms with E-state index in [4.69, 9.17) is 4.74 Å². The molecule has 1 aliphatic rings. The molecule has 7 heteroatoms. The Morgan fingerprint density at radius 3 is 2.62 bits per heavy atom. The highest BCUT2D eigenvalue weighted by Gasteiger charge is 2.29. The third-order valence-electron chi connectivity index (χ3n) is 4.27. The number of carbonyl (C=O) groups excluding carboxylic acids is 1. The van der Waals surface area contributed by atoms with Crippen LogP contribution in [0, 0.1) is 5.82 Å². The summed E-state index contributed by atoms with van der Waals surface area (Å²) in [6, 6.07) is 6.23. The van der Waals surface area contributed by atoms with E-state index in [1.54, 1.807) is 21.7 Å². The summed E-state index contributed by atoms with van der Waals surface area (Å²) in [4.78, 5) is 14.0. The van der Waals surface area contributed by atoms with Gasteiger partial charge in [-0.2, -0.15) is 5.10 Å². The van der Waals surface area contributed by atoms with Crippen molar-refractivity contribution in [3.05, 3.63) is 52.6 Å². The quantitative estimate of drug-likeness (QED) is 0.913. The van der Waals surface area contributed by atoms with Gasteiger partial charge in [0.2, 0.25) is 0 Å². The second-order valence-corrected chi connectivity index (χ2v) is 7.47. The van der Waals surface area contributed by atoms with Gasteiger partial charge in [0, 0.05) is 12.1 Å². The summed E-state index contributed by atoms with van der Waals surface area (Å²) in [5.74, 6) is -0.289. The highest BCUT2D eigenvalue weighted by atomic mass is 19.1. The Kier molecular flexibility index (Phi) is 5.00. The van der Waals surface area contributed by atoms with Gasteiger partial charge in [-0.1, -0.05) is 12.1 Å². The van der Waals surface area contributed by atoms with Gasteiger partial charge in [-0.25, -0.2) is 9.18 Å². The fraction of sp³-hybridized carbons (Fsp3) is 0.474. The van der Waals surface area contributed by atoms with Crippen LogP contribution in [0.25, 0.3) is 0 Å². The molecule has 0 saturated heterocycles. The van der Waals surface area contributed by atoms with E-state index in [0.29, 0.717) is 31.7 Å². The number of rotatable bonds is 3. The lowest BCUT2D eigenvalue weighted by molar-refractivity contribution is 0.0218. The number of amides is 1. The number of hydrogen-bond acceptors (Lipinski definition) is 4. The van der Waals surface area contributed by atoms with Gasteiger partial charge in [-0.15, -0.1) is 0 Å². The first-order chi connectivity index (χ1) is 12.3. The molecule has 0 atom stereocenters. The van der Waals surface area contributed by atoms with E-state index in [2.05, 4.69) is 5.10 Å². The number of hydrogen-bond donors (Lipinski definition) is 1. The minimum absolute atomic E-state index is 0.148. The van der Waals surface area contributed by atoms with Crippen molar-refractivity contribution in [2.75, 3.05) is 6.54 Å². The van der Waals surface area contributed by atoms with Crippen LogP contribution in [-0.2, 0) is 30.9 Å².